The first-order valence-electron chi connectivity index (χ1n) is 10.2. The number of benzene rings is 2. The van der Waals surface area contributed by atoms with Crippen LogP contribution in [0.15, 0.2) is 47.4 Å². The maximum Gasteiger partial charge on any atom is 0.243 e. The molecule has 0 atom stereocenters. The van der Waals surface area contributed by atoms with Crippen LogP contribution in [-0.2, 0) is 21.3 Å². The van der Waals surface area contributed by atoms with Gasteiger partial charge in [-0.15, -0.1) is 0 Å². The second-order valence-electron chi connectivity index (χ2n) is 7.28. The highest BCUT2D eigenvalue weighted by molar-refractivity contribution is 7.89. The van der Waals surface area contributed by atoms with Crippen molar-refractivity contribution >= 4 is 10.0 Å². The summed E-state index contributed by atoms with van der Waals surface area (Å²) in [6.45, 7) is 4.27. The Morgan fingerprint density at radius 1 is 1.06 bits per heavy atom. The predicted octanol–water partition coefficient (Wildman–Crippen LogP) is 2.76. The van der Waals surface area contributed by atoms with Crippen LogP contribution in [0.3, 0.4) is 0 Å². The van der Waals surface area contributed by atoms with E-state index >= 15 is 0 Å². The second-order valence-corrected chi connectivity index (χ2v) is 9.22. The minimum atomic E-state index is -3.84. The van der Waals surface area contributed by atoms with E-state index in [2.05, 4.69) is 4.90 Å². The Labute approximate surface area is 183 Å². The van der Waals surface area contributed by atoms with Crippen LogP contribution >= 0.6 is 0 Å². The lowest BCUT2D eigenvalue weighted by atomic mass is 10.2. The molecule has 3 rings (SSSR count). The first kappa shape index (κ1) is 23.5. The topological polar surface area (TPSA) is 68.3 Å². The fourth-order valence-corrected chi connectivity index (χ4v) is 4.99. The third-order valence-electron chi connectivity index (χ3n) is 5.27. The molecule has 0 amide bonds. The zero-order chi connectivity index (χ0) is 22.3. The highest BCUT2D eigenvalue weighted by Gasteiger charge is 2.26. The van der Waals surface area contributed by atoms with E-state index in [1.165, 1.54) is 16.4 Å². The van der Waals surface area contributed by atoms with Crippen LogP contribution in [0, 0.1) is 5.82 Å². The minimum absolute atomic E-state index is 0.0575. The van der Waals surface area contributed by atoms with Crippen LogP contribution < -0.4 is 9.47 Å². The zero-order valence-corrected chi connectivity index (χ0v) is 18.7. The Bertz CT molecular complexity index is 947. The number of hydrogen-bond donors (Lipinski definition) is 0. The minimum Gasteiger partial charge on any atom is -0.497 e. The summed E-state index contributed by atoms with van der Waals surface area (Å²) in [7, 11) is -0.736. The molecule has 2 aromatic rings. The van der Waals surface area contributed by atoms with Crippen LogP contribution in [0.1, 0.15) is 12.0 Å². The van der Waals surface area contributed by atoms with Crippen molar-refractivity contribution in [1.29, 1.82) is 0 Å². The van der Waals surface area contributed by atoms with Crippen LogP contribution in [0.4, 0.5) is 4.39 Å². The summed E-state index contributed by atoms with van der Waals surface area (Å²) in [5.41, 5.74) is 0.693. The number of halogens is 1. The molecule has 2 aromatic carbocycles. The quantitative estimate of drug-likeness (QED) is 0.552. The Kier molecular flexibility index (Phi) is 8.25. The first-order chi connectivity index (χ1) is 14.9. The van der Waals surface area contributed by atoms with Crippen molar-refractivity contribution in [2.75, 3.05) is 53.6 Å². The van der Waals surface area contributed by atoms with E-state index in [1.807, 2.05) is 0 Å². The van der Waals surface area contributed by atoms with Gasteiger partial charge in [0.2, 0.25) is 10.0 Å². The van der Waals surface area contributed by atoms with E-state index in [0.717, 1.165) is 31.8 Å². The lowest BCUT2D eigenvalue weighted by molar-refractivity contribution is 0.0368. The van der Waals surface area contributed by atoms with Crippen molar-refractivity contribution in [2.45, 2.75) is 17.9 Å². The number of ether oxygens (including phenoxy) is 3. The van der Waals surface area contributed by atoms with Gasteiger partial charge in [-0.3, -0.25) is 4.90 Å². The average molecular weight is 453 g/mol. The molecule has 1 heterocycles. The fraction of sp³-hybridized carbons (Fsp3) is 0.455. The van der Waals surface area contributed by atoms with Gasteiger partial charge in [0.05, 0.1) is 32.3 Å². The van der Waals surface area contributed by atoms with Crippen molar-refractivity contribution in [3.8, 4) is 11.5 Å². The lowest BCUT2D eigenvalue weighted by Gasteiger charge is -2.28. The van der Waals surface area contributed by atoms with E-state index < -0.39 is 15.8 Å². The summed E-state index contributed by atoms with van der Waals surface area (Å²) >= 11 is 0. The maximum atomic E-state index is 13.4. The van der Waals surface area contributed by atoms with Crippen LogP contribution in [0.2, 0.25) is 0 Å². The van der Waals surface area contributed by atoms with Gasteiger partial charge in [0.25, 0.3) is 0 Å². The molecule has 1 aliphatic heterocycles. The molecule has 0 N–H and O–H groups in total. The molecule has 9 heteroatoms. The van der Waals surface area contributed by atoms with Gasteiger partial charge in [0, 0.05) is 31.7 Å². The number of nitrogens with zero attached hydrogens (tertiary/aromatic N) is 2. The number of hydrogen-bond acceptors (Lipinski definition) is 6. The van der Waals surface area contributed by atoms with E-state index in [4.69, 9.17) is 14.2 Å². The van der Waals surface area contributed by atoms with Gasteiger partial charge in [-0.2, -0.15) is 4.31 Å². The maximum absolute atomic E-state index is 13.4. The van der Waals surface area contributed by atoms with Gasteiger partial charge in [0.15, 0.2) is 0 Å². The number of methoxy groups -OCH3 is 2. The molecule has 1 aliphatic rings. The standard InChI is InChI=1S/C22H29FN2O5S/c1-28-20-6-9-22(29-2)18(16-20)17-25(11-3-10-24-12-14-30-15-13-24)31(26,27)21-7-4-19(23)5-8-21/h4-9,16H,3,10-15,17H2,1-2H3. The van der Waals surface area contributed by atoms with Crippen LogP contribution in [-0.4, -0.2) is 71.2 Å². The van der Waals surface area contributed by atoms with Crippen molar-refractivity contribution in [2.24, 2.45) is 0 Å². The molecular formula is C22H29FN2O5S. The van der Waals surface area contributed by atoms with Gasteiger partial charge in [0.1, 0.15) is 17.3 Å². The second kappa shape index (κ2) is 10.9. The number of rotatable bonds is 10. The fourth-order valence-electron chi connectivity index (χ4n) is 3.53. The SMILES string of the molecule is COc1ccc(OC)c(CN(CCCN2CCOCC2)S(=O)(=O)c2ccc(F)cc2)c1. The van der Waals surface area contributed by atoms with E-state index in [-0.39, 0.29) is 11.4 Å². The van der Waals surface area contributed by atoms with Crippen molar-refractivity contribution in [3.63, 3.8) is 0 Å². The average Bonchev–Trinajstić information content (AvgIpc) is 2.79. The van der Waals surface area contributed by atoms with Crippen LogP contribution in [0.5, 0.6) is 11.5 Å². The summed E-state index contributed by atoms with van der Waals surface area (Å²) in [5.74, 6) is 0.712. The summed E-state index contributed by atoms with van der Waals surface area (Å²) in [4.78, 5) is 2.32. The lowest BCUT2D eigenvalue weighted by Crippen LogP contribution is -2.39. The van der Waals surface area contributed by atoms with E-state index in [9.17, 15) is 12.8 Å². The van der Waals surface area contributed by atoms with Gasteiger partial charge in [-0.05, 0) is 55.4 Å². The van der Waals surface area contributed by atoms with Gasteiger partial charge >= 0.3 is 0 Å². The third-order valence-corrected chi connectivity index (χ3v) is 7.13. The van der Waals surface area contributed by atoms with Gasteiger partial charge in [-0.25, -0.2) is 12.8 Å². The first-order valence-corrected chi connectivity index (χ1v) is 11.6. The third kappa shape index (κ3) is 6.16. The van der Waals surface area contributed by atoms with E-state index in [1.54, 1.807) is 32.4 Å². The number of sulfonamides is 1. The van der Waals surface area contributed by atoms with Crippen molar-refractivity contribution in [1.82, 2.24) is 9.21 Å². The monoisotopic (exact) mass is 452 g/mol. The summed E-state index contributed by atoms with van der Waals surface area (Å²) in [6.07, 6.45) is 0.659. The van der Waals surface area contributed by atoms with Crippen molar-refractivity contribution in [3.05, 3.63) is 53.8 Å². The largest absolute Gasteiger partial charge is 0.497 e. The molecule has 0 bridgehead atoms. The Hall–Kier alpha value is -2.20. The molecule has 0 spiro atoms. The molecule has 0 radical (unpaired) electrons. The molecule has 1 fully saturated rings. The van der Waals surface area contributed by atoms with Gasteiger partial charge < -0.3 is 14.2 Å². The molecule has 0 unspecified atom stereocenters. The highest BCUT2D eigenvalue weighted by Crippen LogP contribution is 2.28. The zero-order valence-electron chi connectivity index (χ0n) is 17.9. The highest BCUT2D eigenvalue weighted by atomic mass is 32.2. The van der Waals surface area contributed by atoms with Crippen LogP contribution in [0.25, 0.3) is 0 Å². The van der Waals surface area contributed by atoms with Gasteiger partial charge in [-0.1, -0.05) is 0 Å². The van der Waals surface area contributed by atoms with Crippen molar-refractivity contribution < 1.29 is 27.0 Å². The molecule has 0 saturated carbocycles. The summed E-state index contributed by atoms with van der Waals surface area (Å²) in [6, 6.07) is 10.2. The normalized spacial score (nSPS) is 15.2. The molecule has 1 saturated heterocycles. The molecule has 0 aromatic heterocycles. The predicted molar refractivity (Wildman–Crippen MR) is 115 cm³/mol. The molecule has 31 heavy (non-hydrogen) atoms. The smallest absolute Gasteiger partial charge is 0.243 e. The Morgan fingerprint density at radius 3 is 2.42 bits per heavy atom. The van der Waals surface area contributed by atoms with E-state index in [0.29, 0.717) is 43.2 Å². The Balaban J connectivity index is 1.83. The molecular weight excluding hydrogens is 423 g/mol. The molecule has 170 valence electrons. The number of morpholine rings is 1. The summed E-state index contributed by atoms with van der Waals surface area (Å²) in [5, 5.41) is 0. The molecule has 0 aliphatic carbocycles. The summed E-state index contributed by atoms with van der Waals surface area (Å²) < 4.78 is 57.6. The Morgan fingerprint density at radius 2 is 1.77 bits per heavy atom. The molecule has 7 nitrogen and oxygen atoms in total.